The van der Waals surface area contributed by atoms with Crippen molar-refractivity contribution in [2.24, 2.45) is 0 Å². The number of nitrogens with zero attached hydrogens (tertiary/aromatic N) is 1. The summed E-state index contributed by atoms with van der Waals surface area (Å²) in [5.74, 6) is 0.457. The largest absolute Gasteiger partial charge is 0.347 e. The number of para-hydroxylation sites is 1. The molecule has 0 amide bonds. The molecule has 1 aromatic heterocycles. The summed E-state index contributed by atoms with van der Waals surface area (Å²) in [6.07, 6.45) is 4.71. The van der Waals surface area contributed by atoms with E-state index in [0.717, 1.165) is 25.2 Å². The lowest BCUT2D eigenvalue weighted by Gasteiger charge is -2.19. The Hall–Kier alpha value is -2.13. The number of rotatable bonds is 2. The highest BCUT2D eigenvalue weighted by molar-refractivity contribution is 5.88. The Labute approximate surface area is 141 Å². The summed E-state index contributed by atoms with van der Waals surface area (Å²) >= 11 is 0. The second-order valence-electron chi connectivity index (χ2n) is 7.09. The lowest BCUT2D eigenvalue weighted by Crippen LogP contribution is -2.10. The van der Waals surface area contributed by atoms with E-state index in [1.807, 2.05) is 12.1 Å². The number of benzene rings is 2. The minimum atomic E-state index is -0.0788. The molecule has 3 heteroatoms. The highest BCUT2D eigenvalue weighted by Crippen LogP contribution is 2.41. The number of nitrogens with one attached hydrogen (secondary N) is 1. The van der Waals surface area contributed by atoms with Crippen LogP contribution in [0.25, 0.3) is 10.9 Å². The summed E-state index contributed by atoms with van der Waals surface area (Å²) in [4.78, 5) is 0. The van der Waals surface area contributed by atoms with Crippen molar-refractivity contribution in [3.8, 4) is 0 Å². The molecular weight excluding hydrogens is 299 g/mol. The smallest absolute Gasteiger partial charge is 0.126 e. The molecular formula is C21H21FN2. The molecule has 2 nitrogen and oxygen atoms in total. The molecule has 0 radical (unpaired) electrons. The first-order chi connectivity index (χ1) is 11.8. The van der Waals surface area contributed by atoms with Gasteiger partial charge in [0.15, 0.2) is 0 Å². The van der Waals surface area contributed by atoms with Gasteiger partial charge in [0.25, 0.3) is 0 Å². The van der Waals surface area contributed by atoms with E-state index in [1.165, 1.54) is 34.9 Å². The lowest BCUT2D eigenvalue weighted by atomic mass is 9.83. The Kier molecular flexibility index (Phi) is 3.23. The molecule has 122 valence electrons. The van der Waals surface area contributed by atoms with E-state index in [2.05, 4.69) is 34.3 Å². The predicted octanol–water partition coefficient (Wildman–Crippen LogP) is 4.20. The van der Waals surface area contributed by atoms with Crippen molar-refractivity contribution in [3.05, 3.63) is 71.2 Å². The van der Waals surface area contributed by atoms with E-state index in [0.29, 0.717) is 5.92 Å². The summed E-state index contributed by atoms with van der Waals surface area (Å²) in [5.41, 5.74) is 5.09. The zero-order valence-electron chi connectivity index (χ0n) is 13.6. The van der Waals surface area contributed by atoms with Gasteiger partial charge >= 0.3 is 0 Å². The fourth-order valence-electron chi connectivity index (χ4n) is 4.69. The molecule has 0 saturated carbocycles. The van der Waals surface area contributed by atoms with E-state index >= 15 is 0 Å². The van der Waals surface area contributed by atoms with Gasteiger partial charge in [0.1, 0.15) is 5.82 Å². The van der Waals surface area contributed by atoms with E-state index in [1.54, 1.807) is 12.1 Å². The van der Waals surface area contributed by atoms with Crippen molar-refractivity contribution in [2.75, 3.05) is 13.1 Å². The molecule has 1 fully saturated rings. The van der Waals surface area contributed by atoms with Gasteiger partial charge in [0.05, 0.1) is 5.52 Å². The third-order valence-electron chi connectivity index (χ3n) is 5.78. The Morgan fingerprint density at radius 1 is 0.958 bits per heavy atom. The first kappa shape index (κ1) is 14.2. The molecule has 0 unspecified atom stereocenters. The maximum atomic E-state index is 14.4. The minimum absolute atomic E-state index is 0.0788. The number of halogens is 1. The van der Waals surface area contributed by atoms with Gasteiger partial charge in [-0.3, -0.25) is 0 Å². The maximum absolute atomic E-state index is 14.4. The van der Waals surface area contributed by atoms with Crippen LogP contribution in [0.1, 0.15) is 34.9 Å². The Morgan fingerprint density at radius 3 is 2.67 bits per heavy atom. The van der Waals surface area contributed by atoms with Crippen molar-refractivity contribution in [1.29, 1.82) is 0 Å². The average molecular weight is 320 g/mol. The van der Waals surface area contributed by atoms with Crippen LogP contribution in [-0.2, 0) is 13.0 Å². The maximum Gasteiger partial charge on any atom is 0.126 e. The number of aryl methyl sites for hydroxylation is 2. The summed E-state index contributed by atoms with van der Waals surface area (Å²) in [7, 11) is 0. The molecule has 2 aromatic carbocycles. The van der Waals surface area contributed by atoms with Crippen LogP contribution in [0.3, 0.4) is 0 Å². The third kappa shape index (κ3) is 2.04. The summed E-state index contributed by atoms with van der Waals surface area (Å²) in [6.45, 7) is 2.86. The van der Waals surface area contributed by atoms with Gasteiger partial charge in [0, 0.05) is 43.1 Å². The Balaban J connectivity index is 1.65. The van der Waals surface area contributed by atoms with Crippen LogP contribution in [0.2, 0.25) is 0 Å². The topological polar surface area (TPSA) is 17.0 Å². The predicted molar refractivity (Wildman–Crippen MR) is 95.0 cm³/mol. The number of hydrogen-bond acceptors (Lipinski definition) is 1. The molecule has 24 heavy (non-hydrogen) atoms. The van der Waals surface area contributed by atoms with Crippen LogP contribution in [0.15, 0.2) is 48.7 Å². The van der Waals surface area contributed by atoms with E-state index < -0.39 is 0 Å². The summed E-state index contributed by atoms with van der Waals surface area (Å²) < 4.78 is 16.8. The normalized spacial score (nSPS) is 23.0. The van der Waals surface area contributed by atoms with Crippen LogP contribution >= 0.6 is 0 Å². The van der Waals surface area contributed by atoms with Crippen molar-refractivity contribution < 1.29 is 4.39 Å². The molecule has 5 rings (SSSR count). The van der Waals surface area contributed by atoms with Gasteiger partial charge in [-0.25, -0.2) is 4.39 Å². The zero-order chi connectivity index (χ0) is 16.1. The van der Waals surface area contributed by atoms with Gasteiger partial charge in [-0.05, 0) is 35.6 Å². The van der Waals surface area contributed by atoms with Crippen molar-refractivity contribution in [1.82, 2.24) is 9.88 Å². The molecule has 0 bridgehead atoms. The first-order valence-electron chi connectivity index (χ1n) is 8.88. The standard InChI is InChI=1S/C21H21FN2/c22-20-9-2-1-7-15(20)17-11-23-12-18(17)19-13-24-10-4-6-14-5-3-8-16(19)21(14)24/h1-3,5,7-9,13,17-18,23H,4,6,10-12H2/t17-,18+/m0/s1. The second kappa shape index (κ2) is 5.45. The van der Waals surface area contributed by atoms with E-state index in [-0.39, 0.29) is 11.7 Å². The average Bonchev–Trinajstić information content (AvgIpc) is 3.22. The molecule has 0 spiro atoms. The molecule has 2 aliphatic rings. The fourth-order valence-corrected chi connectivity index (χ4v) is 4.69. The highest BCUT2D eigenvalue weighted by atomic mass is 19.1. The number of aromatic nitrogens is 1. The van der Waals surface area contributed by atoms with Crippen LogP contribution in [-0.4, -0.2) is 17.7 Å². The van der Waals surface area contributed by atoms with Gasteiger partial charge in [-0.2, -0.15) is 0 Å². The van der Waals surface area contributed by atoms with Crippen molar-refractivity contribution in [2.45, 2.75) is 31.2 Å². The van der Waals surface area contributed by atoms with Gasteiger partial charge in [0.2, 0.25) is 0 Å². The SMILES string of the molecule is Fc1ccccc1[C@@H]1CNC[C@H]1c1cn2c3c(cccc13)CCC2. The van der Waals surface area contributed by atoms with Gasteiger partial charge < -0.3 is 9.88 Å². The monoisotopic (exact) mass is 320 g/mol. The van der Waals surface area contributed by atoms with Gasteiger partial charge in [-0.15, -0.1) is 0 Å². The molecule has 2 aliphatic heterocycles. The molecule has 2 atom stereocenters. The summed E-state index contributed by atoms with van der Waals surface area (Å²) in [6, 6.07) is 13.9. The Bertz CT molecular complexity index is 911. The molecule has 3 aromatic rings. The third-order valence-corrected chi connectivity index (χ3v) is 5.78. The van der Waals surface area contributed by atoms with Crippen LogP contribution in [0.5, 0.6) is 0 Å². The summed E-state index contributed by atoms with van der Waals surface area (Å²) in [5, 5.41) is 4.86. The van der Waals surface area contributed by atoms with E-state index in [9.17, 15) is 4.39 Å². The second-order valence-corrected chi connectivity index (χ2v) is 7.09. The Morgan fingerprint density at radius 2 is 1.79 bits per heavy atom. The van der Waals surface area contributed by atoms with Crippen LogP contribution in [0, 0.1) is 5.82 Å². The van der Waals surface area contributed by atoms with Crippen molar-refractivity contribution in [3.63, 3.8) is 0 Å². The van der Waals surface area contributed by atoms with E-state index in [4.69, 9.17) is 0 Å². The zero-order valence-corrected chi connectivity index (χ0v) is 13.6. The molecule has 0 aliphatic carbocycles. The quantitative estimate of drug-likeness (QED) is 0.749. The molecule has 1 N–H and O–H groups in total. The molecule has 1 saturated heterocycles. The minimum Gasteiger partial charge on any atom is -0.347 e. The number of hydrogen-bond donors (Lipinski definition) is 1. The van der Waals surface area contributed by atoms with Crippen LogP contribution in [0.4, 0.5) is 4.39 Å². The van der Waals surface area contributed by atoms with Crippen molar-refractivity contribution >= 4 is 10.9 Å². The molecule has 3 heterocycles. The fraction of sp³-hybridized carbons (Fsp3) is 0.333. The first-order valence-corrected chi connectivity index (χ1v) is 8.88. The lowest BCUT2D eigenvalue weighted by molar-refractivity contribution is 0.568. The van der Waals surface area contributed by atoms with Crippen LogP contribution < -0.4 is 5.32 Å². The van der Waals surface area contributed by atoms with Gasteiger partial charge in [-0.1, -0.05) is 36.4 Å². The highest BCUT2D eigenvalue weighted by Gasteiger charge is 2.33.